The molecule has 0 bridgehead atoms. The van der Waals surface area contributed by atoms with Gasteiger partial charge in [-0.3, -0.25) is 0 Å². The molecule has 0 aliphatic heterocycles. The summed E-state index contributed by atoms with van der Waals surface area (Å²) < 4.78 is 75.0. The first-order valence-electron chi connectivity index (χ1n) is 14.3. The Balaban J connectivity index is 1.21. The molecule has 2 aliphatic carbocycles. The Morgan fingerprint density at radius 2 is 1.23 bits per heavy atom. The molecule has 40 heavy (non-hydrogen) atoms. The first-order chi connectivity index (χ1) is 19.4. The first kappa shape index (κ1) is 28.5. The Labute approximate surface area is 233 Å². The van der Waals surface area contributed by atoms with E-state index in [1.807, 2.05) is 12.1 Å². The number of rotatable bonds is 9. The van der Waals surface area contributed by atoms with E-state index in [0.717, 1.165) is 30.4 Å². The third-order valence-electron chi connectivity index (χ3n) is 8.50. The molecule has 4 unspecified atom stereocenters. The molecule has 3 aromatic carbocycles. The molecule has 0 amide bonds. The van der Waals surface area contributed by atoms with Crippen LogP contribution in [0.4, 0.5) is 17.6 Å². The summed E-state index contributed by atoms with van der Waals surface area (Å²) in [5.74, 6) is -3.62. The zero-order valence-electron chi connectivity index (χ0n) is 23.0. The van der Waals surface area contributed by atoms with E-state index in [2.05, 4.69) is 19.1 Å². The largest absolute Gasteiger partial charge is 0.491 e. The number of hydrogen-bond acceptors (Lipinski definition) is 3. The van der Waals surface area contributed by atoms with Crippen LogP contribution in [0.1, 0.15) is 69.4 Å². The van der Waals surface area contributed by atoms with Gasteiger partial charge in [-0.1, -0.05) is 24.3 Å². The summed E-state index contributed by atoms with van der Waals surface area (Å²) >= 11 is 0. The van der Waals surface area contributed by atoms with Crippen molar-refractivity contribution in [1.82, 2.24) is 0 Å². The third kappa shape index (κ3) is 5.99. The second-order valence-electron chi connectivity index (χ2n) is 10.9. The summed E-state index contributed by atoms with van der Waals surface area (Å²) in [7, 11) is 0. The van der Waals surface area contributed by atoms with Gasteiger partial charge in [0, 0.05) is 17.7 Å². The van der Waals surface area contributed by atoms with E-state index in [4.69, 9.17) is 14.2 Å². The normalized spacial score (nSPS) is 22.6. The lowest BCUT2D eigenvalue weighted by atomic mass is 9.65. The van der Waals surface area contributed by atoms with Crippen molar-refractivity contribution in [2.45, 2.75) is 71.0 Å². The van der Waals surface area contributed by atoms with Crippen molar-refractivity contribution in [3.63, 3.8) is 0 Å². The van der Waals surface area contributed by atoms with Gasteiger partial charge in [0.15, 0.2) is 23.1 Å². The van der Waals surface area contributed by atoms with Gasteiger partial charge in [0.25, 0.3) is 0 Å². The van der Waals surface area contributed by atoms with E-state index in [1.54, 1.807) is 6.92 Å². The van der Waals surface area contributed by atoms with Crippen molar-refractivity contribution in [3.05, 3.63) is 82.9 Å². The molecule has 0 saturated heterocycles. The second-order valence-corrected chi connectivity index (χ2v) is 10.9. The molecule has 7 heteroatoms. The quantitative estimate of drug-likeness (QED) is 0.246. The predicted octanol–water partition coefficient (Wildman–Crippen LogP) is 8.98. The summed E-state index contributed by atoms with van der Waals surface area (Å²) in [4.78, 5) is 0. The smallest absolute Gasteiger partial charge is 0.201 e. The van der Waals surface area contributed by atoms with Crippen molar-refractivity contribution < 1.29 is 31.8 Å². The Hall–Kier alpha value is -3.06. The molecular weight excluding hydrogens is 520 g/mol. The fourth-order valence-corrected chi connectivity index (χ4v) is 6.44. The van der Waals surface area contributed by atoms with Crippen molar-refractivity contribution >= 4 is 0 Å². The number of hydrogen-bond donors (Lipinski definition) is 0. The van der Waals surface area contributed by atoms with E-state index < -0.39 is 34.4 Å². The van der Waals surface area contributed by atoms with Gasteiger partial charge in [0.2, 0.25) is 11.6 Å². The van der Waals surface area contributed by atoms with Crippen LogP contribution in [0.5, 0.6) is 11.5 Å². The van der Waals surface area contributed by atoms with Crippen LogP contribution in [0, 0.1) is 35.1 Å². The lowest BCUT2D eigenvalue weighted by Gasteiger charge is -2.42. The minimum Gasteiger partial charge on any atom is -0.491 e. The van der Waals surface area contributed by atoms with Crippen LogP contribution in [0.15, 0.2) is 48.5 Å². The molecule has 0 spiro atoms. The highest BCUT2D eigenvalue weighted by Gasteiger charge is 2.36. The average Bonchev–Trinajstić information content (AvgIpc) is 2.97. The zero-order chi connectivity index (χ0) is 28.2. The fourth-order valence-electron chi connectivity index (χ4n) is 6.44. The van der Waals surface area contributed by atoms with Gasteiger partial charge in [0.1, 0.15) is 6.61 Å². The summed E-state index contributed by atoms with van der Waals surface area (Å²) in [6.45, 7) is 4.69. The van der Waals surface area contributed by atoms with E-state index in [0.29, 0.717) is 12.0 Å². The highest BCUT2D eigenvalue weighted by atomic mass is 19.2. The molecule has 4 atom stereocenters. The van der Waals surface area contributed by atoms with Crippen molar-refractivity contribution in [2.24, 2.45) is 11.8 Å². The molecule has 0 N–H and O–H groups in total. The molecule has 0 radical (unpaired) electrons. The van der Waals surface area contributed by atoms with Gasteiger partial charge in [-0.05, 0) is 106 Å². The Kier molecular flexibility index (Phi) is 8.99. The summed E-state index contributed by atoms with van der Waals surface area (Å²) in [5, 5.41) is 0. The van der Waals surface area contributed by atoms with Crippen LogP contribution in [-0.2, 0) is 11.3 Å². The minimum atomic E-state index is -1.30. The number of fused-ring (bicyclic) bond motifs is 1. The van der Waals surface area contributed by atoms with Crippen LogP contribution in [0.3, 0.4) is 0 Å². The van der Waals surface area contributed by atoms with Gasteiger partial charge < -0.3 is 14.2 Å². The van der Waals surface area contributed by atoms with E-state index >= 15 is 0 Å². The van der Waals surface area contributed by atoms with Gasteiger partial charge in [0.05, 0.1) is 12.7 Å². The fraction of sp³-hybridized carbons (Fsp3) is 0.455. The Morgan fingerprint density at radius 1 is 0.625 bits per heavy atom. The topological polar surface area (TPSA) is 27.7 Å². The molecular formula is C33H36F4O3. The predicted molar refractivity (Wildman–Crippen MR) is 146 cm³/mol. The molecule has 2 saturated carbocycles. The molecule has 2 aliphatic rings. The van der Waals surface area contributed by atoms with Crippen LogP contribution < -0.4 is 9.47 Å². The van der Waals surface area contributed by atoms with Crippen LogP contribution >= 0.6 is 0 Å². The van der Waals surface area contributed by atoms with E-state index in [1.165, 1.54) is 61.9 Å². The molecule has 3 nitrogen and oxygen atoms in total. The summed E-state index contributed by atoms with van der Waals surface area (Å²) in [5.41, 5.74) is 1.35. The van der Waals surface area contributed by atoms with Gasteiger partial charge in [-0.2, -0.15) is 8.78 Å². The van der Waals surface area contributed by atoms with Gasteiger partial charge >= 0.3 is 0 Å². The Morgan fingerprint density at radius 3 is 1.85 bits per heavy atom. The van der Waals surface area contributed by atoms with Crippen LogP contribution in [0.2, 0.25) is 0 Å². The van der Waals surface area contributed by atoms with Gasteiger partial charge in [-0.15, -0.1) is 0 Å². The van der Waals surface area contributed by atoms with E-state index in [-0.39, 0.29) is 24.7 Å². The zero-order valence-corrected chi connectivity index (χ0v) is 23.0. The van der Waals surface area contributed by atoms with Crippen molar-refractivity contribution in [1.29, 1.82) is 0 Å². The average molecular weight is 557 g/mol. The lowest BCUT2D eigenvalue weighted by molar-refractivity contribution is -0.00955. The standard InChI is InChI=1S/C33H36F4O3/c1-3-38-25-12-11-23-17-22(9-10-24(23)18-25)21-7-5-20(6-8-21)19-40-29-16-14-27(31(35)33(29)37)26-13-15-28(39-4-2)32(36)30(26)34/h5-8,13-16,22-25H,3-4,9-12,17-19H2,1-2H3. The van der Waals surface area contributed by atoms with Gasteiger partial charge in [-0.25, -0.2) is 8.78 Å². The minimum absolute atomic E-state index is 0.0518. The molecule has 0 aromatic heterocycles. The molecule has 0 heterocycles. The van der Waals surface area contributed by atoms with Crippen molar-refractivity contribution in [3.8, 4) is 22.6 Å². The first-order valence-corrected chi connectivity index (χ1v) is 14.3. The highest BCUT2D eigenvalue weighted by Crippen LogP contribution is 2.46. The van der Waals surface area contributed by atoms with E-state index in [9.17, 15) is 17.6 Å². The third-order valence-corrected chi connectivity index (χ3v) is 8.50. The summed E-state index contributed by atoms with van der Waals surface area (Å²) in [6, 6.07) is 12.9. The highest BCUT2D eigenvalue weighted by molar-refractivity contribution is 5.67. The van der Waals surface area contributed by atoms with Crippen LogP contribution in [-0.4, -0.2) is 19.3 Å². The SMILES string of the molecule is CCOc1ccc(-c2ccc(OCc3ccc(C4CCC5CC(OCC)CCC5C4)cc3)c(F)c2F)c(F)c1F. The summed E-state index contributed by atoms with van der Waals surface area (Å²) in [6.07, 6.45) is 7.61. The second kappa shape index (κ2) is 12.6. The number of benzene rings is 3. The van der Waals surface area contributed by atoms with Crippen molar-refractivity contribution in [2.75, 3.05) is 13.2 Å². The molecule has 3 aromatic rings. The maximum atomic E-state index is 14.9. The molecule has 214 valence electrons. The molecule has 5 rings (SSSR count). The Bertz CT molecular complexity index is 1310. The van der Waals surface area contributed by atoms with Crippen LogP contribution in [0.25, 0.3) is 11.1 Å². The molecule has 2 fully saturated rings. The lowest BCUT2D eigenvalue weighted by Crippen LogP contribution is -2.33. The number of halogens is 4. The maximum absolute atomic E-state index is 14.9. The maximum Gasteiger partial charge on any atom is 0.201 e. The number of ether oxygens (including phenoxy) is 3. The monoisotopic (exact) mass is 556 g/mol.